The van der Waals surface area contributed by atoms with Gasteiger partial charge in [0.05, 0.1) is 23.7 Å². The minimum absolute atomic E-state index is 0.159. The number of nitrogens with zero attached hydrogens (tertiary/aromatic N) is 2. The molecule has 15 heavy (non-hydrogen) atoms. The molecule has 0 radical (unpaired) electrons. The van der Waals surface area contributed by atoms with Crippen molar-refractivity contribution in [1.82, 2.24) is 4.98 Å². The number of piperidine rings is 1. The van der Waals surface area contributed by atoms with Crippen molar-refractivity contribution in [2.24, 2.45) is 0 Å². The molecule has 1 aromatic rings. The fourth-order valence-corrected chi connectivity index (χ4v) is 2.13. The van der Waals surface area contributed by atoms with Crippen LogP contribution in [0.3, 0.4) is 0 Å². The van der Waals surface area contributed by atoms with Crippen molar-refractivity contribution in [1.29, 1.82) is 0 Å². The predicted octanol–water partition coefficient (Wildman–Crippen LogP) is 1.39. The van der Waals surface area contributed by atoms with Gasteiger partial charge in [-0.15, -0.1) is 0 Å². The fourth-order valence-electron chi connectivity index (χ4n) is 1.81. The molecule has 0 aliphatic carbocycles. The van der Waals surface area contributed by atoms with Crippen LogP contribution in [0.25, 0.3) is 0 Å². The van der Waals surface area contributed by atoms with E-state index < -0.39 is 0 Å². The lowest BCUT2D eigenvalue weighted by Crippen LogP contribution is -2.36. The summed E-state index contributed by atoms with van der Waals surface area (Å²) in [5.74, 6) is 0. The Hall–Kier alpha value is -0.810. The zero-order valence-corrected chi connectivity index (χ0v) is 9.94. The largest absolute Gasteiger partial charge is 0.396 e. The van der Waals surface area contributed by atoms with Gasteiger partial charge in [-0.3, -0.25) is 0 Å². The molecule has 82 valence electrons. The molecule has 0 spiro atoms. The molecule has 1 saturated heterocycles. The Morgan fingerprint density at radius 3 is 2.80 bits per heavy atom. The molecular weight excluding hydrogens is 258 g/mol. The average molecular weight is 272 g/mol. The number of pyridine rings is 1. The zero-order valence-electron chi connectivity index (χ0n) is 8.36. The second-order valence-corrected chi connectivity index (χ2v) is 4.60. The van der Waals surface area contributed by atoms with Gasteiger partial charge in [-0.2, -0.15) is 0 Å². The van der Waals surface area contributed by atoms with E-state index in [1.807, 2.05) is 6.07 Å². The van der Waals surface area contributed by atoms with Crippen LogP contribution in [-0.2, 0) is 0 Å². The van der Waals surface area contributed by atoms with Gasteiger partial charge in [-0.1, -0.05) is 0 Å². The van der Waals surface area contributed by atoms with Crippen LogP contribution in [0.15, 0.2) is 16.9 Å². The van der Waals surface area contributed by atoms with E-state index in [9.17, 15) is 5.11 Å². The maximum Gasteiger partial charge on any atom is 0.108 e. The van der Waals surface area contributed by atoms with Crippen molar-refractivity contribution in [2.45, 2.75) is 18.9 Å². The summed E-state index contributed by atoms with van der Waals surface area (Å²) in [7, 11) is 0. The first-order valence-corrected chi connectivity index (χ1v) is 5.80. The van der Waals surface area contributed by atoms with Gasteiger partial charge in [0.2, 0.25) is 0 Å². The summed E-state index contributed by atoms with van der Waals surface area (Å²) in [6, 6.07) is 1.92. The highest BCUT2D eigenvalue weighted by molar-refractivity contribution is 9.10. The summed E-state index contributed by atoms with van der Waals surface area (Å²) in [5.41, 5.74) is 7.56. The van der Waals surface area contributed by atoms with Gasteiger partial charge in [0.15, 0.2) is 0 Å². The number of rotatable bonds is 1. The molecule has 0 saturated carbocycles. The number of anilines is 2. The van der Waals surface area contributed by atoms with Crippen LogP contribution in [-0.4, -0.2) is 29.3 Å². The van der Waals surface area contributed by atoms with Gasteiger partial charge in [0.1, 0.15) is 4.60 Å². The first-order valence-electron chi connectivity index (χ1n) is 5.01. The van der Waals surface area contributed by atoms with Crippen LogP contribution in [0.1, 0.15) is 12.8 Å². The zero-order chi connectivity index (χ0) is 10.8. The highest BCUT2D eigenvalue weighted by atomic mass is 79.9. The molecule has 0 bridgehead atoms. The number of aliphatic hydroxyl groups is 1. The van der Waals surface area contributed by atoms with E-state index in [0.29, 0.717) is 5.69 Å². The first-order chi connectivity index (χ1) is 7.16. The first kappa shape index (κ1) is 10.7. The smallest absolute Gasteiger partial charge is 0.108 e. The van der Waals surface area contributed by atoms with Gasteiger partial charge >= 0.3 is 0 Å². The minimum atomic E-state index is -0.159. The van der Waals surface area contributed by atoms with E-state index in [2.05, 4.69) is 25.8 Å². The normalized spacial score (nSPS) is 18.1. The van der Waals surface area contributed by atoms with Gasteiger partial charge in [-0.25, -0.2) is 4.98 Å². The fraction of sp³-hybridized carbons (Fsp3) is 0.500. The average Bonchev–Trinajstić information content (AvgIpc) is 2.23. The van der Waals surface area contributed by atoms with Crippen LogP contribution in [0, 0.1) is 0 Å². The molecule has 2 heterocycles. The van der Waals surface area contributed by atoms with Crippen molar-refractivity contribution < 1.29 is 5.11 Å². The lowest BCUT2D eigenvalue weighted by molar-refractivity contribution is 0.145. The van der Waals surface area contributed by atoms with Crippen LogP contribution >= 0.6 is 15.9 Å². The number of halogens is 1. The maximum absolute atomic E-state index is 9.42. The molecule has 1 fully saturated rings. The number of hydrogen-bond donors (Lipinski definition) is 2. The van der Waals surface area contributed by atoms with Crippen molar-refractivity contribution in [3.63, 3.8) is 0 Å². The highest BCUT2D eigenvalue weighted by Crippen LogP contribution is 2.27. The molecule has 0 atom stereocenters. The number of nitrogens with two attached hydrogens (primary N) is 1. The number of nitrogen functional groups attached to an aromatic ring is 1. The molecule has 0 amide bonds. The van der Waals surface area contributed by atoms with Gasteiger partial charge in [-0.05, 0) is 34.8 Å². The Labute approximate surface area is 97.2 Å². The SMILES string of the molecule is Nc1cnc(Br)cc1N1CCC(O)CC1. The number of hydrogen-bond acceptors (Lipinski definition) is 4. The Bertz CT molecular complexity index is 351. The molecule has 1 aliphatic heterocycles. The third-order valence-electron chi connectivity index (χ3n) is 2.68. The van der Waals surface area contributed by atoms with E-state index in [1.165, 1.54) is 0 Å². The molecule has 5 heteroatoms. The third-order valence-corrected chi connectivity index (χ3v) is 3.12. The Morgan fingerprint density at radius 1 is 1.47 bits per heavy atom. The quantitative estimate of drug-likeness (QED) is 0.758. The minimum Gasteiger partial charge on any atom is -0.396 e. The van der Waals surface area contributed by atoms with Crippen LogP contribution in [0.4, 0.5) is 11.4 Å². The molecule has 3 N–H and O–H groups in total. The van der Waals surface area contributed by atoms with Crippen molar-refractivity contribution in [2.75, 3.05) is 23.7 Å². The monoisotopic (exact) mass is 271 g/mol. The van der Waals surface area contributed by atoms with E-state index in [0.717, 1.165) is 36.2 Å². The van der Waals surface area contributed by atoms with Crippen molar-refractivity contribution in [3.8, 4) is 0 Å². The van der Waals surface area contributed by atoms with E-state index in [1.54, 1.807) is 6.20 Å². The number of aromatic nitrogens is 1. The van der Waals surface area contributed by atoms with Crippen molar-refractivity contribution >= 4 is 27.3 Å². The standard InChI is InChI=1S/C10H14BrN3O/c11-10-5-9(8(12)6-13-10)14-3-1-7(15)2-4-14/h5-7,15H,1-4,12H2. The Kier molecular flexibility index (Phi) is 3.11. The summed E-state index contributed by atoms with van der Waals surface area (Å²) >= 11 is 3.33. The molecule has 0 unspecified atom stereocenters. The molecule has 1 aliphatic rings. The Balaban J connectivity index is 2.18. The molecule has 4 nitrogen and oxygen atoms in total. The topological polar surface area (TPSA) is 62.4 Å². The summed E-state index contributed by atoms with van der Waals surface area (Å²) < 4.78 is 0.790. The van der Waals surface area contributed by atoms with Gasteiger partial charge in [0, 0.05) is 13.1 Å². The predicted molar refractivity (Wildman–Crippen MR) is 63.8 cm³/mol. The molecule has 0 aromatic carbocycles. The van der Waals surface area contributed by atoms with E-state index in [4.69, 9.17) is 5.73 Å². The van der Waals surface area contributed by atoms with Crippen LogP contribution in [0.5, 0.6) is 0 Å². The van der Waals surface area contributed by atoms with Gasteiger partial charge in [0.25, 0.3) is 0 Å². The van der Waals surface area contributed by atoms with E-state index in [-0.39, 0.29) is 6.10 Å². The number of aliphatic hydroxyl groups excluding tert-OH is 1. The second kappa shape index (κ2) is 4.37. The third kappa shape index (κ3) is 2.41. The lowest BCUT2D eigenvalue weighted by Gasteiger charge is -2.32. The summed E-state index contributed by atoms with van der Waals surface area (Å²) in [6.07, 6.45) is 3.11. The molecular formula is C10H14BrN3O. The van der Waals surface area contributed by atoms with Gasteiger partial charge < -0.3 is 15.7 Å². The van der Waals surface area contributed by atoms with Crippen molar-refractivity contribution in [3.05, 3.63) is 16.9 Å². The molecule has 2 rings (SSSR count). The highest BCUT2D eigenvalue weighted by Gasteiger charge is 2.18. The lowest BCUT2D eigenvalue weighted by atomic mass is 10.1. The second-order valence-electron chi connectivity index (χ2n) is 3.78. The van der Waals surface area contributed by atoms with Crippen LogP contribution < -0.4 is 10.6 Å². The maximum atomic E-state index is 9.42. The van der Waals surface area contributed by atoms with E-state index >= 15 is 0 Å². The summed E-state index contributed by atoms with van der Waals surface area (Å²) in [6.45, 7) is 1.70. The summed E-state index contributed by atoms with van der Waals surface area (Å²) in [5, 5.41) is 9.42. The van der Waals surface area contributed by atoms with Crippen LogP contribution in [0.2, 0.25) is 0 Å². The summed E-state index contributed by atoms with van der Waals surface area (Å²) in [4.78, 5) is 6.25. The Morgan fingerprint density at radius 2 is 2.13 bits per heavy atom. The molecule has 1 aromatic heterocycles.